The summed E-state index contributed by atoms with van der Waals surface area (Å²) in [7, 11) is 0. The Hall–Kier alpha value is -1.92. The number of hydrogen-bond acceptors (Lipinski definition) is 5. The molecule has 0 spiro atoms. The van der Waals surface area contributed by atoms with Crippen LogP contribution in [0.4, 0.5) is 5.69 Å². The number of rotatable bonds is 6. The maximum absolute atomic E-state index is 12.3. The molecule has 1 saturated carbocycles. The molecule has 1 aromatic carbocycles. The lowest BCUT2D eigenvalue weighted by molar-refractivity contribution is -0.117. The van der Waals surface area contributed by atoms with Gasteiger partial charge in [0.1, 0.15) is 0 Å². The Morgan fingerprint density at radius 3 is 2.35 bits per heavy atom. The van der Waals surface area contributed by atoms with Crippen LogP contribution in [0.15, 0.2) is 24.3 Å². The smallest absolute Gasteiger partial charge is 0.338 e. The Balaban J connectivity index is 1.42. The van der Waals surface area contributed by atoms with Crippen molar-refractivity contribution in [2.24, 2.45) is 0 Å². The average molecular weight is 359 g/mol. The highest BCUT2D eigenvalue weighted by molar-refractivity contribution is 5.94. The van der Waals surface area contributed by atoms with E-state index >= 15 is 0 Å². The largest absolute Gasteiger partial charge is 0.462 e. The van der Waals surface area contributed by atoms with Crippen LogP contribution < -0.4 is 5.32 Å². The topological polar surface area (TPSA) is 61.9 Å². The molecule has 0 radical (unpaired) electrons. The Kier molecular flexibility index (Phi) is 6.63. The van der Waals surface area contributed by atoms with Gasteiger partial charge in [0.05, 0.1) is 18.7 Å². The summed E-state index contributed by atoms with van der Waals surface area (Å²) in [6, 6.07) is 7.59. The molecule has 0 aromatic heterocycles. The maximum Gasteiger partial charge on any atom is 0.338 e. The summed E-state index contributed by atoms with van der Waals surface area (Å²) < 4.78 is 4.96. The quantitative estimate of drug-likeness (QED) is 0.790. The van der Waals surface area contributed by atoms with Gasteiger partial charge in [0.2, 0.25) is 5.91 Å². The highest BCUT2D eigenvalue weighted by Gasteiger charge is 2.26. The van der Waals surface area contributed by atoms with E-state index in [1.807, 2.05) is 0 Å². The van der Waals surface area contributed by atoms with E-state index in [4.69, 9.17) is 4.74 Å². The van der Waals surface area contributed by atoms with Gasteiger partial charge >= 0.3 is 5.97 Å². The summed E-state index contributed by atoms with van der Waals surface area (Å²) in [6.45, 7) is 6.57. The number of benzene rings is 1. The van der Waals surface area contributed by atoms with Crippen LogP contribution in [-0.4, -0.2) is 67.0 Å². The van der Waals surface area contributed by atoms with Crippen molar-refractivity contribution in [3.8, 4) is 0 Å². The number of piperazine rings is 1. The van der Waals surface area contributed by atoms with Crippen LogP contribution in [0.3, 0.4) is 0 Å². The average Bonchev–Trinajstić information content (AvgIpc) is 3.18. The highest BCUT2D eigenvalue weighted by atomic mass is 16.5. The van der Waals surface area contributed by atoms with Crippen molar-refractivity contribution >= 4 is 17.6 Å². The summed E-state index contributed by atoms with van der Waals surface area (Å²) in [5, 5.41) is 2.91. The van der Waals surface area contributed by atoms with Gasteiger partial charge in [-0.2, -0.15) is 0 Å². The van der Waals surface area contributed by atoms with E-state index in [0.29, 0.717) is 24.4 Å². The predicted molar refractivity (Wildman–Crippen MR) is 101 cm³/mol. The van der Waals surface area contributed by atoms with E-state index in [-0.39, 0.29) is 11.9 Å². The van der Waals surface area contributed by atoms with E-state index < -0.39 is 0 Å². The molecule has 2 fully saturated rings. The van der Waals surface area contributed by atoms with Crippen molar-refractivity contribution < 1.29 is 14.3 Å². The number of ether oxygens (including phenoxy) is 1. The third kappa shape index (κ3) is 5.05. The van der Waals surface area contributed by atoms with Crippen molar-refractivity contribution in [3.63, 3.8) is 0 Å². The molecule has 6 heteroatoms. The van der Waals surface area contributed by atoms with Gasteiger partial charge in [-0.25, -0.2) is 4.79 Å². The number of anilines is 1. The summed E-state index contributed by atoms with van der Waals surface area (Å²) in [4.78, 5) is 28.7. The van der Waals surface area contributed by atoms with E-state index in [2.05, 4.69) is 15.1 Å². The Morgan fingerprint density at radius 2 is 1.73 bits per heavy atom. The zero-order chi connectivity index (χ0) is 18.4. The molecule has 1 amide bonds. The lowest BCUT2D eigenvalue weighted by atomic mass is 10.2. The minimum atomic E-state index is -0.342. The Labute approximate surface area is 155 Å². The van der Waals surface area contributed by atoms with Gasteiger partial charge in [0, 0.05) is 37.9 Å². The van der Waals surface area contributed by atoms with Crippen molar-refractivity contribution in [1.82, 2.24) is 9.80 Å². The lowest BCUT2D eigenvalue weighted by Crippen LogP contribution is -2.51. The van der Waals surface area contributed by atoms with Crippen molar-refractivity contribution in [2.45, 2.75) is 38.6 Å². The van der Waals surface area contributed by atoms with Crippen LogP contribution >= 0.6 is 0 Å². The zero-order valence-corrected chi connectivity index (χ0v) is 15.6. The number of carbonyl (C=O) groups excluding carboxylic acids is 2. The van der Waals surface area contributed by atoms with Gasteiger partial charge in [-0.15, -0.1) is 0 Å². The van der Waals surface area contributed by atoms with E-state index in [9.17, 15) is 9.59 Å². The van der Waals surface area contributed by atoms with Crippen molar-refractivity contribution in [3.05, 3.63) is 29.8 Å². The fourth-order valence-corrected chi connectivity index (χ4v) is 3.86. The lowest BCUT2D eigenvalue weighted by Gasteiger charge is -2.37. The standard InChI is InChI=1S/C20H29N3O3/c1-2-26-20(25)16-7-9-17(10-8-16)21-19(24)15-22-11-13-23(14-12-22)18-5-3-4-6-18/h7-10,18H,2-6,11-15H2,1H3,(H,21,24). The van der Waals surface area contributed by atoms with Crippen LogP contribution in [-0.2, 0) is 9.53 Å². The van der Waals surface area contributed by atoms with Gasteiger partial charge in [-0.1, -0.05) is 12.8 Å². The molecule has 1 aliphatic heterocycles. The van der Waals surface area contributed by atoms with Gasteiger partial charge in [-0.3, -0.25) is 14.6 Å². The molecule has 1 aromatic rings. The summed E-state index contributed by atoms with van der Waals surface area (Å²) >= 11 is 0. The molecule has 3 rings (SSSR count). The first kappa shape index (κ1) is 18.9. The van der Waals surface area contributed by atoms with Crippen LogP contribution in [0, 0.1) is 0 Å². The minimum absolute atomic E-state index is 0.0109. The first-order chi connectivity index (χ1) is 12.7. The maximum atomic E-state index is 12.3. The van der Waals surface area contributed by atoms with Gasteiger partial charge in [0.15, 0.2) is 0 Å². The predicted octanol–water partition coefficient (Wildman–Crippen LogP) is 2.36. The third-order valence-corrected chi connectivity index (χ3v) is 5.29. The fraction of sp³-hybridized carbons (Fsp3) is 0.600. The third-order valence-electron chi connectivity index (χ3n) is 5.29. The molecule has 6 nitrogen and oxygen atoms in total. The molecule has 1 saturated heterocycles. The number of hydrogen-bond donors (Lipinski definition) is 1. The first-order valence-electron chi connectivity index (χ1n) is 9.69. The van der Waals surface area contributed by atoms with E-state index in [1.54, 1.807) is 31.2 Å². The summed E-state index contributed by atoms with van der Waals surface area (Å²) in [5.41, 5.74) is 1.19. The van der Waals surface area contributed by atoms with Crippen LogP contribution in [0.25, 0.3) is 0 Å². The normalized spacial score (nSPS) is 19.4. The second kappa shape index (κ2) is 9.14. The number of nitrogens with zero attached hydrogens (tertiary/aromatic N) is 2. The Morgan fingerprint density at radius 1 is 1.08 bits per heavy atom. The molecule has 2 aliphatic rings. The molecule has 1 heterocycles. The zero-order valence-electron chi connectivity index (χ0n) is 15.6. The number of carbonyl (C=O) groups is 2. The van der Waals surface area contributed by atoms with Gasteiger partial charge in [0.25, 0.3) is 0 Å². The second-order valence-corrected chi connectivity index (χ2v) is 7.10. The van der Waals surface area contributed by atoms with Crippen LogP contribution in [0.5, 0.6) is 0 Å². The molecule has 26 heavy (non-hydrogen) atoms. The first-order valence-corrected chi connectivity index (χ1v) is 9.69. The summed E-state index contributed by atoms with van der Waals surface area (Å²) in [6.07, 6.45) is 5.40. The Bertz CT molecular complexity index is 603. The minimum Gasteiger partial charge on any atom is -0.462 e. The molecular weight excluding hydrogens is 330 g/mol. The van der Waals surface area contributed by atoms with Crippen LogP contribution in [0.1, 0.15) is 43.0 Å². The van der Waals surface area contributed by atoms with E-state index in [0.717, 1.165) is 32.2 Å². The number of nitrogens with one attached hydrogen (secondary N) is 1. The number of esters is 1. The van der Waals surface area contributed by atoms with Gasteiger partial charge < -0.3 is 10.1 Å². The highest BCUT2D eigenvalue weighted by Crippen LogP contribution is 2.24. The SMILES string of the molecule is CCOC(=O)c1ccc(NC(=O)CN2CCN(C3CCCC3)CC2)cc1. The van der Waals surface area contributed by atoms with Crippen LogP contribution in [0.2, 0.25) is 0 Å². The molecule has 1 N–H and O–H groups in total. The molecule has 0 unspecified atom stereocenters. The molecule has 0 bridgehead atoms. The molecule has 1 aliphatic carbocycles. The monoisotopic (exact) mass is 359 g/mol. The molecule has 0 atom stereocenters. The molecular formula is C20H29N3O3. The fourth-order valence-electron chi connectivity index (χ4n) is 3.86. The number of amides is 1. The second-order valence-electron chi connectivity index (χ2n) is 7.10. The van der Waals surface area contributed by atoms with E-state index in [1.165, 1.54) is 25.7 Å². The van der Waals surface area contributed by atoms with Crippen molar-refractivity contribution in [2.75, 3.05) is 44.6 Å². The van der Waals surface area contributed by atoms with Crippen molar-refractivity contribution in [1.29, 1.82) is 0 Å². The summed E-state index contributed by atoms with van der Waals surface area (Å²) in [5.74, 6) is -0.353. The van der Waals surface area contributed by atoms with Gasteiger partial charge in [-0.05, 0) is 44.0 Å². The molecule has 142 valence electrons.